The van der Waals surface area contributed by atoms with Gasteiger partial charge in [0.05, 0.1) is 5.92 Å². The zero-order valence-corrected chi connectivity index (χ0v) is 17.0. The molecule has 2 heterocycles. The first-order chi connectivity index (χ1) is 14.0. The molecule has 2 fully saturated rings. The van der Waals surface area contributed by atoms with E-state index in [2.05, 4.69) is 36.1 Å². The van der Waals surface area contributed by atoms with Gasteiger partial charge in [0.25, 0.3) is 5.89 Å². The predicted molar refractivity (Wildman–Crippen MR) is 106 cm³/mol. The van der Waals surface area contributed by atoms with Gasteiger partial charge in [-0.3, -0.25) is 9.59 Å². The van der Waals surface area contributed by atoms with Crippen molar-refractivity contribution in [2.24, 2.45) is 11.8 Å². The molecule has 2 aromatic rings. The number of likely N-dealkylation sites (tertiary alicyclic amines) is 1. The van der Waals surface area contributed by atoms with E-state index >= 15 is 0 Å². The second kappa shape index (κ2) is 8.35. The van der Waals surface area contributed by atoms with Crippen LogP contribution in [-0.2, 0) is 20.9 Å². The van der Waals surface area contributed by atoms with E-state index < -0.39 is 0 Å². The standard InChI is InChI=1S/C22H27N3O4/c1-14(2)15-3-5-16(6-4-15)20-23-19(29-24-20)13-28-22(27)18-9-11-25(12-10-18)21(26)17-7-8-17/h3-6,14,17-18H,7-13H2,1-2H3. The molecule has 7 heteroatoms. The topological polar surface area (TPSA) is 85.5 Å². The van der Waals surface area contributed by atoms with E-state index in [9.17, 15) is 9.59 Å². The van der Waals surface area contributed by atoms with Crippen molar-refractivity contribution in [3.05, 3.63) is 35.7 Å². The van der Waals surface area contributed by atoms with E-state index in [1.165, 1.54) is 5.56 Å². The SMILES string of the molecule is CC(C)c1ccc(-c2noc(COC(=O)C3CCN(C(=O)C4CC4)CC3)n2)cc1. The number of rotatable bonds is 6. The highest BCUT2D eigenvalue weighted by atomic mass is 16.6. The molecular formula is C22H27N3O4. The summed E-state index contributed by atoms with van der Waals surface area (Å²) in [5.74, 6) is 1.26. The van der Waals surface area contributed by atoms with Gasteiger partial charge in [0.15, 0.2) is 6.61 Å². The Morgan fingerprint density at radius 1 is 1.10 bits per heavy atom. The number of carbonyl (C=O) groups excluding carboxylic acids is 2. The molecule has 0 spiro atoms. The first-order valence-corrected chi connectivity index (χ1v) is 10.4. The van der Waals surface area contributed by atoms with Crippen LogP contribution in [0.15, 0.2) is 28.8 Å². The first-order valence-electron chi connectivity index (χ1n) is 10.4. The van der Waals surface area contributed by atoms with Gasteiger partial charge in [0, 0.05) is 24.6 Å². The summed E-state index contributed by atoms with van der Waals surface area (Å²) in [5.41, 5.74) is 2.11. The van der Waals surface area contributed by atoms with Crippen molar-refractivity contribution in [1.82, 2.24) is 15.0 Å². The second-order valence-electron chi connectivity index (χ2n) is 8.27. The smallest absolute Gasteiger partial charge is 0.309 e. The molecule has 0 unspecified atom stereocenters. The summed E-state index contributed by atoms with van der Waals surface area (Å²) in [5, 5.41) is 3.98. The van der Waals surface area contributed by atoms with Crippen molar-refractivity contribution in [3.63, 3.8) is 0 Å². The fourth-order valence-corrected chi connectivity index (χ4v) is 3.62. The Balaban J connectivity index is 1.26. The van der Waals surface area contributed by atoms with E-state index in [4.69, 9.17) is 9.26 Å². The molecule has 1 amide bonds. The van der Waals surface area contributed by atoms with Crippen LogP contribution in [0.1, 0.15) is 56.9 Å². The van der Waals surface area contributed by atoms with Crippen molar-refractivity contribution < 1.29 is 18.8 Å². The number of carbonyl (C=O) groups is 2. The Morgan fingerprint density at radius 2 is 1.79 bits per heavy atom. The Kier molecular flexibility index (Phi) is 5.65. The van der Waals surface area contributed by atoms with Crippen LogP contribution in [0.5, 0.6) is 0 Å². The molecule has 7 nitrogen and oxygen atoms in total. The van der Waals surface area contributed by atoms with Crippen molar-refractivity contribution in [3.8, 4) is 11.4 Å². The van der Waals surface area contributed by atoms with Gasteiger partial charge in [0.1, 0.15) is 0 Å². The van der Waals surface area contributed by atoms with Gasteiger partial charge in [-0.15, -0.1) is 0 Å². The maximum atomic E-state index is 12.4. The van der Waals surface area contributed by atoms with E-state index in [1.807, 2.05) is 17.0 Å². The summed E-state index contributed by atoms with van der Waals surface area (Å²) >= 11 is 0. The van der Waals surface area contributed by atoms with Crippen molar-refractivity contribution in [2.45, 2.75) is 52.1 Å². The fraction of sp³-hybridized carbons (Fsp3) is 0.545. The van der Waals surface area contributed by atoms with Crippen LogP contribution in [-0.4, -0.2) is 40.0 Å². The number of nitrogens with zero attached hydrogens (tertiary/aromatic N) is 3. The van der Waals surface area contributed by atoms with Gasteiger partial charge < -0.3 is 14.2 Å². The monoisotopic (exact) mass is 397 g/mol. The van der Waals surface area contributed by atoms with Crippen molar-refractivity contribution in [2.75, 3.05) is 13.1 Å². The Labute approximate surface area is 170 Å². The molecule has 1 aliphatic heterocycles. The van der Waals surface area contributed by atoms with E-state index in [0.29, 0.717) is 37.7 Å². The lowest BCUT2D eigenvalue weighted by Crippen LogP contribution is -2.41. The van der Waals surface area contributed by atoms with Crippen LogP contribution >= 0.6 is 0 Å². The van der Waals surface area contributed by atoms with Gasteiger partial charge in [-0.1, -0.05) is 43.3 Å². The summed E-state index contributed by atoms with van der Waals surface area (Å²) in [4.78, 5) is 30.7. The highest BCUT2D eigenvalue weighted by Crippen LogP contribution is 2.32. The Hall–Kier alpha value is -2.70. The lowest BCUT2D eigenvalue weighted by atomic mass is 9.97. The second-order valence-corrected chi connectivity index (χ2v) is 8.27. The molecule has 1 saturated heterocycles. The fourth-order valence-electron chi connectivity index (χ4n) is 3.62. The van der Waals surface area contributed by atoms with Crippen LogP contribution < -0.4 is 0 Å². The number of ether oxygens (including phenoxy) is 1. The van der Waals surface area contributed by atoms with Gasteiger partial charge in [0.2, 0.25) is 11.7 Å². The third kappa shape index (κ3) is 4.66. The van der Waals surface area contributed by atoms with Crippen molar-refractivity contribution >= 4 is 11.9 Å². The number of hydrogen-bond acceptors (Lipinski definition) is 6. The molecule has 1 aromatic heterocycles. The quantitative estimate of drug-likeness (QED) is 0.693. The molecule has 0 N–H and O–H groups in total. The van der Waals surface area contributed by atoms with Gasteiger partial charge in [-0.25, -0.2) is 0 Å². The molecule has 154 valence electrons. The van der Waals surface area contributed by atoms with Gasteiger partial charge in [-0.2, -0.15) is 4.98 Å². The van der Waals surface area contributed by atoms with E-state index in [-0.39, 0.29) is 36.2 Å². The third-order valence-electron chi connectivity index (χ3n) is 5.71. The highest BCUT2D eigenvalue weighted by molar-refractivity contribution is 5.81. The van der Waals surface area contributed by atoms with Crippen molar-refractivity contribution in [1.29, 1.82) is 0 Å². The lowest BCUT2D eigenvalue weighted by molar-refractivity contribution is -0.153. The zero-order valence-electron chi connectivity index (χ0n) is 17.0. The minimum atomic E-state index is -0.260. The van der Waals surface area contributed by atoms with E-state index in [0.717, 1.165) is 18.4 Å². The number of piperidine rings is 1. The molecular weight excluding hydrogens is 370 g/mol. The molecule has 0 bridgehead atoms. The van der Waals surface area contributed by atoms with Crippen LogP contribution in [0.4, 0.5) is 0 Å². The molecule has 1 saturated carbocycles. The Bertz CT molecular complexity index is 862. The largest absolute Gasteiger partial charge is 0.455 e. The minimum absolute atomic E-state index is 0.0306. The number of amides is 1. The summed E-state index contributed by atoms with van der Waals surface area (Å²) in [6.07, 6.45) is 3.31. The minimum Gasteiger partial charge on any atom is -0.455 e. The average Bonchev–Trinajstić information content (AvgIpc) is 3.49. The number of benzene rings is 1. The van der Waals surface area contributed by atoms with Crippen LogP contribution in [0, 0.1) is 11.8 Å². The maximum absolute atomic E-state index is 12.4. The number of hydrogen-bond donors (Lipinski definition) is 0. The Morgan fingerprint density at radius 3 is 2.41 bits per heavy atom. The average molecular weight is 397 g/mol. The normalized spacial score (nSPS) is 17.6. The molecule has 4 rings (SSSR count). The molecule has 0 atom stereocenters. The van der Waals surface area contributed by atoms with E-state index in [1.54, 1.807) is 0 Å². The van der Waals surface area contributed by atoms with Crippen LogP contribution in [0.25, 0.3) is 11.4 Å². The van der Waals surface area contributed by atoms with Gasteiger partial charge in [-0.05, 0) is 37.2 Å². The van der Waals surface area contributed by atoms with Gasteiger partial charge >= 0.3 is 5.97 Å². The molecule has 1 aromatic carbocycles. The summed E-state index contributed by atoms with van der Waals surface area (Å²) in [6, 6.07) is 8.03. The molecule has 29 heavy (non-hydrogen) atoms. The summed E-state index contributed by atoms with van der Waals surface area (Å²) in [6.45, 7) is 5.52. The van der Waals surface area contributed by atoms with Crippen LogP contribution in [0.3, 0.4) is 0 Å². The molecule has 1 aliphatic carbocycles. The zero-order chi connectivity index (χ0) is 20.4. The third-order valence-corrected chi connectivity index (χ3v) is 5.71. The van der Waals surface area contributed by atoms with Crippen LogP contribution in [0.2, 0.25) is 0 Å². The molecule has 0 radical (unpaired) electrons. The lowest BCUT2D eigenvalue weighted by Gasteiger charge is -2.30. The first kappa shape index (κ1) is 19.6. The molecule has 2 aliphatic rings. The number of esters is 1. The summed E-state index contributed by atoms with van der Waals surface area (Å²) < 4.78 is 10.6. The highest BCUT2D eigenvalue weighted by Gasteiger charge is 2.36. The maximum Gasteiger partial charge on any atom is 0.309 e. The predicted octanol–water partition coefficient (Wildman–Crippen LogP) is 3.55. The summed E-state index contributed by atoms with van der Waals surface area (Å²) in [7, 11) is 0. The number of aromatic nitrogens is 2.